The van der Waals surface area contributed by atoms with E-state index >= 15 is 0 Å². The third-order valence-corrected chi connectivity index (χ3v) is 4.15. The van der Waals surface area contributed by atoms with Gasteiger partial charge in [0.2, 0.25) is 0 Å². The molecule has 0 aromatic heterocycles. The van der Waals surface area contributed by atoms with Gasteiger partial charge in [0.25, 0.3) is 0 Å². The summed E-state index contributed by atoms with van der Waals surface area (Å²) in [6, 6.07) is 19.6. The van der Waals surface area contributed by atoms with Crippen LogP contribution in [0.1, 0.15) is 57.4 Å². The maximum atomic E-state index is 2.29. The van der Waals surface area contributed by atoms with Crippen LogP contribution < -0.4 is 0 Å². The zero-order valence-electron chi connectivity index (χ0n) is 14.4. The first kappa shape index (κ1) is 19.5. The Morgan fingerprint density at radius 1 is 0.636 bits per heavy atom. The predicted molar refractivity (Wildman–Crippen MR) is 99.3 cm³/mol. The Morgan fingerprint density at radius 2 is 1.23 bits per heavy atom. The monoisotopic (exact) mass is 303 g/mol. The average Bonchev–Trinajstić information content (AvgIpc) is 2.55. The number of aryl methyl sites for hydroxylation is 1. The molecule has 0 heterocycles. The predicted octanol–water partition coefficient (Wildman–Crippen LogP) is 6.27. The maximum Gasteiger partial charge on any atom is 0 e. The first-order valence-corrected chi connectivity index (χ1v) is 8.55. The fourth-order valence-corrected chi connectivity index (χ4v) is 2.91. The van der Waals surface area contributed by atoms with E-state index in [0.29, 0.717) is 0 Å². The Kier molecular flexibility index (Phi) is 10.6. The summed E-state index contributed by atoms with van der Waals surface area (Å²) in [7, 11) is 0. The third-order valence-electron chi connectivity index (χ3n) is 4.15. The molecule has 0 nitrogen and oxygen atoms in total. The molecule has 22 heavy (non-hydrogen) atoms. The molecule has 1 radical (unpaired) electrons. The Labute approximate surface area is 158 Å². The van der Waals surface area contributed by atoms with E-state index < -0.39 is 0 Å². The summed E-state index contributed by atoms with van der Waals surface area (Å²) in [4.78, 5) is 0. The van der Waals surface area contributed by atoms with E-state index in [9.17, 15) is 0 Å². The molecule has 0 saturated carbocycles. The Bertz CT molecular complexity index is 504. The second kappa shape index (κ2) is 11.9. The number of hydrogen-bond acceptors (Lipinski definition) is 0. The Hall–Kier alpha value is -0.560. The first-order chi connectivity index (χ1) is 10.4. The molecule has 0 aliphatic rings. The van der Waals surface area contributed by atoms with Crippen LogP contribution in [0, 0.1) is 0 Å². The van der Waals surface area contributed by atoms with Gasteiger partial charge in [-0.3, -0.25) is 0 Å². The van der Waals surface area contributed by atoms with Crippen LogP contribution in [0.25, 0.3) is 11.1 Å². The Balaban J connectivity index is 0.00000242. The van der Waals surface area contributed by atoms with Crippen LogP contribution in [0.2, 0.25) is 0 Å². The topological polar surface area (TPSA) is 0 Å². The van der Waals surface area contributed by atoms with Gasteiger partial charge in [-0.2, -0.15) is 0 Å². The van der Waals surface area contributed by atoms with Crippen molar-refractivity contribution in [3.8, 4) is 11.1 Å². The minimum Gasteiger partial charge on any atom is -0.0654 e. The van der Waals surface area contributed by atoms with Crippen molar-refractivity contribution in [1.29, 1.82) is 0 Å². The summed E-state index contributed by atoms with van der Waals surface area (Å²) >= 11 is 0. The molecule has 2 aromatic rings. The Morgan fingerprint density at radius 3 is 1.95 bits per heavy atom. The van der Waals surface area contributed by atoms with Crippen molar-refractivity contribution in [2.45, 2.75) is 58.3 Å². The second-order valence-electron chi connectivity index (χ2n) is 5.89. The molecule has 0 N–H and O–H groups in total. The fourth-order valence-electron chi connectivity index (χ4n) is 2.91. The number of unbranched alkanes of at least 4 members (excludes halogenated alkanes) is 6. The molecular weight excluding hydrogens is 275 g/mol. The van der Waals surface area contributed by atoms with E-state index in [1.54, 1.807) is 0 Å². The third kappa shape index (κ3) is 6.69. The smallest absolute Gasteiger partial charge is 0 e. The van der Waals surface area contributed by atoms with Crippen molar-refractivity contribution in [3.05, 3.63) is 60.2 Å². The summed E-state index contributed by atoms with van der Waals surface area (Å²) in [5.41, 5.74) is 4.25. The van der Waals surface area contributed by atoms with Crippen LogP contribution in [0.4, 0.5) is 0 Å². The molecule has 0 spiro atoms. The molecule has 0 aliphatic heterocycles. The molecule has 1 heteroatoms. The van der Waals surface area contributed by atoms with Crippen molar-refractivity contribution in [3.63, 3.8) is 0 Å². The minimum absolute atomic E-state index is 0. The van der Waals surface area contributed by atoms with Crippen LogP contribution in [0.5, 0.6) is 0 Å². The van der Waals surface area contributed by atoms with E-state index in [1.165, 1.54) is 68.1 Å². The van der Waals surface area contributed by atoms with Gasteiger partial charge in [0.1, 0.15) is 0 Å². The average molecular weight is 303 g/mol. The first-order valence-electron chi connectivity index (χ1n) is 8.55. The van der Waals surface area contributed by atoms with Gasteiger partial charge in [-0.1, -0.05) is 100 Å². The summed E-state index contributed by atoms with van der Waals surface area (Å²) in [6.45, 7) is 2.28. The molecule has 0 unspecified atom stereocenters. The minimum atomic E-state index is 0. The summed E-state index contributed by atoms with van der Waals surface area (Å²) in [5.74, 6) is 0. The van der Waals surface area contributed by atoms with E-state index in [4.69, 9.17) is 0 Å². The standard InChI is InChI=1S/C21H28.Na/c1-2-3-4-5-6-7-9-14-20-17-12-13-18-21(20)19-15-10-8-11-16-19;/h8,10-13,15-18H,2-7,9,14H2,1H3;. The van der Waals surface area contributed by atoms with Crippen molar-refractivity contribution < 1.29 is 0 Å². The number of rotatable bonds is 9. The number of hydrogen-bond donors (Lipinski definition) is 0. The molecule has 2 rings (SSSR count). The molecule has 113 valence electrons. The molecule has 0 fully saturated rings. The zero-order valence-corrected chi connectivity index (χ0v) is 16.4. The largest absolute Gasteiger partial charge is 0.0654 e. The van der Waals surface area contributed by atoms with Crippen LogP contribution in [-0.2, 0) is 6.42 Å². The van der Waals surface area contributed by atoms with Gasteiger partial charge in [0, 0.05) is 29.6 Å². The van der Waals surface area contributed by atoms with Gasteiger partial charge in [-0.05, 0) is 29.5 Å². The molecule has 0 amide bonds. The van der Waals surface area contributed by atoms with Crippen LogP contribution in [-0.4, -0.2) is 29.6 Å². The summed E-state index contributed by atoms with van der Waals surface area (Å²) < 4.78 is 0. The van der Waals surface area contributed by atoms with E-state index in [0.717, 1.165) is 0 Å². The quantitative estimate of drug-likeness (QED) is 0.378. The molecule has 0 saturated heterocycles. The van der Waals surface area contributed by atoms with Gasteiger partial charge < -0.3 is 0 Å². The van der Waals surface area contributed by atoms with Gasteiger partial charge in [0.15, 0.2) is 0 Å². The maximum absolute atomic E-state index is 2.29. The van der Waals surface area contributed by atoms with E-state index in [1.807, 2.05) is 0 Å². The van der Waals surface area contributed by atoms with Gasteiger partial charge in [-0.15, -0.1) is 0 Å². The van der Waals surface area contributed by atoms with Crippen molar-refractivity contribution >= 4 is 29.6 Å². The molecule has 2 aromatic carbocycles. The van der Waals surface area contributed by atoms with Gasteiger partial charge in [-0.25, -0.2) is 0 Å². The van der Waals surface area contributed by atoms with E-state index in [-0.39, 0.29) is 29.6 Å². The molecule has 0 bridgehead atoms. The second-order valence-corrected chi connectivity index (χ2v) is 5.89. The van der Waals surface area contributed by atoms with Crippen molar-refractivity contribution in [2.75, 3.05) is 0 Å². The van der Waals surface area contributed by atoms with E-state index in [2.05, 4.69) is 61.5 Å². The molecular formula is C21H28Na. The van der Waals surface area contributed by atoms with Crippen LogP contribution in [0.15, 0.2) is 54.6 Å². The summed E-state index contributed by atoms with van der Waals surface area (Å²) in [6.07, 6.45) is 10.8. The fraction of sp³-hybridized carbons (Fsp3) is 0.429. The SMILES string of the molecule is CCCCCCCCCc1ccccc1-c1ccccc1.[Na]. The molecule has 0 aliphatic carbocycles. The van der Waals surface area contributed by atoms with Gasteiger partial charge in [0.05, 0.1) is 0 Å². The molecule has 0 atom stereocenters. The van der Waals surface area contributed by atoms with Gasteiger partial charge >= 0.3 is 0 Å². The van der Waals surface area contributed by atoms with Crippen molar-refractivity contribution in [2.24, 2.45) is 0 Å². The van der Waals surface area contributed by atoms with Crippen LogP contribution >= 0.6 is 0 Å². The zero-order chi connectivity index (χ0) is 14.8. The normalized spacial score (nSPS) is 10.2. The van der Waals surface area contributed by atoms with Crippen LogP contribution in [0.3, 0.4) is 0 Å². The summed E-state index contributed by atoms with van der Waals surface area (Å²) in [5, 5.41) is 0. The van der Waals surface area contributed by atoms with Crippen molar-refractivity contribution in [1.82, 2.24) is 0 Å². The number of benzene rings is 2.